The molecule has 1 aliphatic rings. The van der Waals surface area contributed by atoms with Gasteiger partial charge in [0.15, 0.2) is 0 Å². The molecule has 2 rings (SSSR count). The first-order valence-electron chi connectivity index (χ1n) is 5.30. The number of benzene rings is 1. The van der Waals surface area contributed by atoms with Gasteiger partial charge in [0.25, 0.3) is 0 Å². The molecule has 3 heteroatoms. The Morgan fingerprint density at radius 3 is 2.47 bits per heavy atom. The largest absolute Gasteiger partial charge is 0.323 e. The SMILES string of the molecule is CC.CC1(N)Cc2ccccc2/C1=N/N. The molecule has 82 valence electrons. The van der Waals surface area contributed by atoms with Crippen LogP contribution in [0.3, 0.4) is 0 Å². The Morgan fingerprint density at radius 1 is 1.27 bits per heavy atom. The van der Waals surface area contributed by atoms with Crippen molar-refractivity contribution in [2.75, 3.05) is 0 Å². The van der Waals surface area contributed by atoms with E-state index < -0.39 is 5.54 Å². The summed E-state index contributed by atoms with van der Waals surface area (Å²) < 4.78 is 0. The molecule has 0 aromatic heterocycles. The summed E-state index contributed by atoms with van der Waals surface area (Å²) in [5.41, 5.74) is 8.80. The van der Waals surface area contributed by atoms with Gasteiger partial charge >= 0.3 is 0 Å². The summed E-state index contributed by atoms with van der Waals surface area (Å²) in [5.74, 6) is 5.33. The van der Waals surface area contributed by atoms with E-state index in [0.29, 0.717) is 0 Å². The van der Waals surface area contributed by atoms with Gasteiger partial charge in [-0.15, -0.1) is 0 Å². The van der Waals surface area contributed by atoms with Crippen LogP contribution in [0.1, 0.15) is 31.9 Å². The Balaban J connectivity index is 0.000000531. The van der Waals surface area contributed by atoms with Crippen LogP contribution in [-0.2, 0) is 6.42 Å². The van der Waals surface area contributed by atoms with Crippen LogP contribution in [0, 0.1) is 0 Å². The fourth-order valence-electron chi connectivity index (χ4n) is 1.91. The number of hydrogen-bond donors (Lipinski definition) is 2. The zero-order valence-corrected chi connectivity index (χ0v) is 9.62. The number of nitrogens with zero attached hydrogens (tertiary/aromatic N) is 1. The van der Waals surface area contributed by atoms with Gasteiger partial charge in [-0.2, -0.15) is 5.10 Å². The lowest BCUT2D eigenvalue weighted by Crippen LogP contribution is -2.43. The lowest BCUT2D eigenvalue weighted by atomic mass is 9.98. The molecule has 1 aliphatic carbocycles. The van der Waals surface area contributed by atoms with Crippen molar-refractivity contribution >= 4 is 5.71 Å². The molecule has 15 heavy (non-hydrogen) atoms. The molecule has 0 aliphatic heterocycles. The van der Waals surface area contributed by atoms with Crippen molar-refractivity contribution in [1.29, 1.82) is 0 Å². The predicted octanol–water partition coefficient (Wildman–Crippen LogP) is 1.65. The normalized spacial score (nSPS) is 25.7. The van der Waals surface area contributed by atoms with Gasteiger partial charge < -0.3 is 11.6 Å². The Hall–Kier alpha value is -1.35. The highest BCUT2D eigenvalue weighted by Gasteiger charge is 2.35. The molecule has 3 nitrogen and oxygen atoms in total. The van der Waals surface area contributed by atoms with Crippen LogP contribution in [-0.4, -0.2) is 11.3 Å². The Labute approximate surface area is 91.2 Å². The van der Waals surface area contributed by atoms with Crippen molar-refractivity contribution in [3.8, 4) is 0 Å². The van der Waals surface area contributed by atoms with E-state index in [-0.39, 0.29) is 0 Å². The molecule has 1 aromatic rings. The molecule has 0 saturated heterocycles. The summed E-state index contributed by atoms with van der Waals surface area (Å²) in [6.45, 7) is 5.96. The summed E-state index contributed by atoms with van der Waals surface area (Å²) >= 11 is 0. The van der Waals surface area contributed by atoms with Gasteiger partial charge in [0, 0.05) is 5.56 Å². The van der Waals surface area contributed by atoms with Gasteiger partial charge in [-0.1, -0.05) is 38.1 Å². The lowest BCUT2D eigenvalue weighted by molar-refractivity contribution is 0.641. The highest BCUT2D eigenvalue weighted by molar-refractivity contribution is 6.10. The number of hydrogen-bond acceptors (Lipinski definition) is 3. The van der Waals surface area contributed by atoms with Crippen molar-refractivity contribution in [2.45, 2.75) is 32.7 Å². The van der Waals surface area contributed by atoms with Gasteiger partial charge in [-0.25, -0.2) is 0 Å². The van der Waals surface area contributed by atoms with Gasteiger partial charge in [-0.05, 0) is 18.9 Å². The second-order valence-electron chi connectivity index (χ2n) is 3.73. The molecule has 0 amide bonds. The minimum Gasteiger partial charge on any atom is -0.323 e. The standard InChI is InChI=1S/C10H13N3.C2H6/c1-10(11)6-7-4-2-3-5-8(7)9(10)13-12;1-2/h2-5H,6,11-12H2,1H3;1-2H3/b13-9-;. The lowest BCUT2D eigenvalue weighted by Gasteiger charge is -2.17. The number of nitrogens with two attached hydrogens (primary N) is 2. The maximum absolute atomic E-state index is 6.07. The summed E-state index contributed by atoms with van der Waals surface area (Å²) in [6, 6.07) is 8.07. The second kappa shape index (κ2) is 4.45. The molecule has 0 heterocycles. The Morgan fingerprint density at radius 2 is 1.87 bits per heavy atom. The highest BCUT2D eigenvalue weighted by Crippen LogP contribution is 2.27. The summed E-state index contributed by atoms with van der Waals surface area (Å²) in [6.07, 6.45) is 0.819. The summed E-state index contributed by atoms with van der Waals surface area (Å²) in [4.78, 5) is 0. The van der Waals surface area contributed by atoms with Crippen molar-refractivity contribution in [3.63, 3.8) is 0 Å². The van der Waals surface area contributed by atoms with Crippen LogP contribution in [0.5, 0.6) is 0 Å². The van der Waals surface area contributed by atoms with Gasteiger partial charge in [-0.3, -0.25) is 0 Å². The second-order valence-corrected chi connectivity index (χ2v) is 3.73. The average Bonchev–Trinajstić information content (AvgIpc) is 2.50. The van der Waals surface area contributed by atoms with Crippen LogP contribution in [0.25, 0.3) is 0 Å². The number of rotatable bonds is 0. The van der Waals surface area contributed by atoms with Crippen LogP contribution in [0.4, 0.5) is 0 Å². The maximum atomic E-state index is 6.07. The van der Waals surface area contributed by atoms with Crippen molar-refractivity contribution < 1.29 is 0 Å². The molecule has 4 N–H and O–H groups in total. The average molecular weight is 205 g/mol. The third kappa shape index (κ3) is 2.02. The van der Waals surface area contributed by atoms with Crippen LogP contribution in [0.2, 0.25) is 0 Å². The molecule has 0 saturated carbocycles. The smallest absolute Gasteiger partial charge is 0.0874 e. The van der Waals surface area contributed by atoms with Crippen LogP contribution in [0.15, 0.2) is 29.4 Å². The van der Waals surface area contributed by atoms with E-state index in [9.17, 15) is 0 Å². The predicted molar refractivity (Wildman–Crippen MR) is 64.8 cm³/mol. The Kier molecular flexibility index (Phi) is 3.48. The van der Waals surface area contributed by atoms with E-state index in [1.807, 2.05) is 39.0 Å². The third-order valence-electron chi connectivity index (χ3n) is 2.50. The molecule has 0 fully saturated rings. The monoisotopic (exact) mass is 205 g/mol. The van der Waals surface area contributed by atoms with Gasteiger partial charge in [0.05, 0.1) is 11.3 Å². The first kappa shape index (κ1) is 11.7. The van der Waals surface area contributed by atoms with E-state index in [2.05, 4.69) is 11.2 Å². The fraction of sp³-hybridized carbons (Fsp3) is 0.417. The zero-order chi connectivity index (χ0) is 11.5. The number of hydrazone groups is 1. The zero-order valence-electron chi connectivity index (χ0n) is 9.62. The summed E-state index contributed by atoms with van der Waals surface area (Å²) in [7, 11) is 0. The van der Waals surface area contributed by atoms with Crippen LogP contribution >= 0.6 is 0 Å². The van der Waals surface area contributed by atoms with Crippen molar-refractivity contribution in [1.82, 2.24) is 0 Å². The first-order valence-corrected chi connectivity index (χ1v) is 5.30. The molecule has 0 spiro atoms. The molecule has 1 atom stereocenters. The molecule has 1 aromatic carbocycles. The highest BCUT2D eigenvalue weighted by atomic mass is 15.1. The van der Waals surface area contributed by atoms with Crippen molar-refractivity contribution in [2.24, 2.45) is 16.7 Å². The molecular formula is C12H19N3. The fourth-order valence-corrected chi connectivity index (χ4v) is 1.91. The van der Waals surface area contributed by atoms with Crippen LogP contribution < -0.4 is 11.6 Å². The molecular weight excluding hydrogens is 186 g/mol. The molecule has 0 bridgehead atoms. The van der Waals surface area contributed by atoms with E-state index >= 15 is 0 Å². The van der Waals surface area contributed by atoms with E-state index in [1.165, 1.54) is 5.56 Å². The Bertz CT molecular complexity index is 367. The minimum absolute atomic E-state index is 0.404. The van der Waals surface area contributed by atoms with Gasteiger partial charge in [0.2, 0.25) is 0 Å². The third-order valence-corrected chi connectivity index (χ3v) is 2.50. The number of fused-ring (bicyclic) bond motifs is 1. The molecule has 0 radical (unpaired) electrons. The van der Waals surface area contributed by atoms with Crippen molar-refractivity contribution in [3.05, 3.63) is 35.4 Å². The topological polar surface area (TPSA) is 64.4 Å². The maximum Gasteiger partial charge on any atom is 0.0874 e. The molecule has 1 unspecified atom stereocenters. The van der Waals surface area contributed by atoms with E-state index in [0.717, 1.165) is 17.7 Å². The quantitative estimate of drug-likeness (QED) is 0.499. The first-order chi connectivity index (χ1) is 7.15. The minimum atomic E-state index is -0.404. The van der Waals surface area contributed by atoms with E-state index in [1.54, 1.807) is 0 Å². The summed E-state index contributed by atoms with van der Waals surface area (Å²) in [5, 5.41) is 3.77. The van der Waals surface area contributed by atoms with Gasteiger partial charge in [0.1, 0.15) is 0 Å². The van der Waals surface area contributed by atoms with E-state index in [4.69, 9.17) is 11.6 Å².